The van der Waals surface area contributed by atoms with E-state index in [4.69, 9.17) is 19.0 Å². The van der Waals surface area contributed by atoms with Gasteiger partial charge in [-0.2, -0.15) is 0 Å². The molecular formula is C55H82N6O12. The van der Waals surface area contributed by atoms with E-state index in [-0.39, 0.29) is 74.2 Å². The molecule has 4 rings (SSSR count). The number of hydrogen-bond donors (Lipinski definition) is 2. The number of carbonyl (C=O) groups is 8. The van der Waals surface area contributed by atoms with Gasteiger partial charge in [0.1, 0.15) is 18.7 Å². The zero-order chi connectivity index (χ0) is 54.1. The smallest absolute Gasteiger partial charge is 0.333 e. The predicted molar refractivity (Wildman–Crippen MR) is 274 cm³/mol. The minimum absolute atomic E-state index is 0.00368. The van der Waals surface area contributed by atoms with E-state index in [2.05, 4.69) is 10.6 Å². The molecule has 18 heteroatoms. The van der Waals surface area contributed by atoms with Crippen molar-refractivity contribution in [1.82, 2.24) is 30.4 Å². The number of imide groups is 1. The van der Waals surface area contributed by atoms with Crippen LogP contribution in [0.2, 0.25) is 0 Å². The van der Waals surface area contributed by atoms with Gasteiger partial charge in [0.2, 0.25) is 23.6 Å². The fourth-order valence-corrected chi connectivity index (χ4v) is 10.1. The highest BCUT2D eigenvalue weighted by molar-refractivity contribution is 6.01. The summed E-state index contributed by atoms with van der Waals surface area (Å²) in [5.41, 5.74) is 1.66. The maximum atomic E-state index is 14.7. The molecule has 2 N–H and O–H groups in total. The van der Waals surface area contributed by atoms with Crippen LogP contribution in [0.5, 0.6) is 0 Å². The first-order chi connectivity index (χ1) is 34.7. The van der Waals surface area contributed by atoms with Crippen LogP contribution in [0.1, 0.15) is 124 Å². The number of methoxy groups -OCH3 is 2. The lowest BCUT2D eigenvalue weighted by Crippen LogP contribution is -2.60. The predicted octanol–water partition coefficient (Wildman–Crippen LogP) is 5.42. The van der Waals surface area contributed by atoms with Crippen molar-refractivity contribution in [2.24, 2.45) is 23.7 Å². The van der Waals surface area contributed by atoms with E-state index in [1.807, 2.05) is 109 Å². The van der Waals surface area contributed by atoms with Crippen LogP contribution in [0.15, 0.2) is 60.7 Å². The highest BCUT2D eigenvalue weighted by atomic mass is 16.7. The van der Waals surface area contributed by atoms with Gasteiger partial charge >= 0.3 is 11.9 Å². The molecule has 6 amide bonds. The Morgan fingerprint density at radius 2 is 1.38 bits per heavy atom. The number of nitrogens with one attached hydrogen (secondary N) is 2. The van der Waals surface area contributed by atoms with E-state index in [0.29, 0.717) is 37.4 Å². The molecule has 0 saturated carbocycles. The standard InChI is InChI=1S/C55H82N6O12/c1-13-36(6)50(59(10)54(68)47(34(2)3)56-53(67)49(35(4)5)58(9)30-21-27-46(65)73-61-43(62)28-29-44(61)63)42(70-11)32-45(64)60-31-20-26-41(60)51(71-12)38(8)52(66)57-48(37(7)40-24-18-15-19-25-40)55(69)72-33-39-22-16-14-17-23-39/h14-19,22-25,34-38,41-42,47-51H,13,20-21,26-33H2,1-12H3,(H,56,67)(H,57,66)/t36-,37-,38+,41-,42+,47-,48?,49-,50-,51+/m0/s1. The number of benzene rings is 2. The van der Waals surface area contributed by atoms with Gasteiger partial charge in [-0.05, 0) is 61.7 Å². The SMILES string of the molecule is CC[C@H](C)[C@@H]([C@@H](CC(=O)N1CCC[C@H]1[C@H](OC)[C@@H](C)C(=O)NC(C(=O)OCc1ccccc1)[C@@H](C)c1ccccc1)OC)N(C)C(=O)[C@@H](NC(=O)[C@H](C(C)C)N(C)CCCC(=O)ON1C(=O)CCC1=O)C(C)C. The van der Waals surface area contributed by atoms with Crippen molar-refractivity contribution < 1.29 is 57.4 Å². The molecule has 1 unspecified atom stereocenters. The summed E-state index contributed by atoms with van der Waals surface area (Å²) in [7, 11) is 6.46. The molecule has 2 fully saturated rings. The van der Waals surface area contributed by atoms with E-state index in [1.165, 1.54) is 14.2 Å². The lowest BCUT2D eigenvalue weighted by atomic mass is 9.89. The number of rotatable bonds is 28. The molecule has 2 aromatic carbocycles. The van der Waals surface area contributed by atoms with Crippen molar-refractivity contribution in [3.05, 3.63) is 71.8 Å². The molecule has 2 heterocycles. The van der Waals surface area contributed by atoms with E-state index >= 15 is 0 Å². The number of hydroxylamine groups is 2. The second kappa shape index (κ2) is 28.7. The van der Waals surface area contributed by atoms with Gasteiger partial charge in [0.25, 0.3) is 11.8 Å². The number of hydrogen-bond acceptors (Lipinski definition) is 13. The molecule has 2 aliphatic rings. The van der Waals surface area contributed by atoms with Gasteiger partial charge in [-0.3, -0.25) is 33.7 Å². The van der Waals surface area contributed by atoms with Crippen LogP contribution in [-0.4, -0.2) is 151 Å². The number of likely N-dealkylation sites (N-methyl/N-ethyl adjacent to an activating group) is 2. The summed E-state index contributed by atoms with van der Waals surface area (Å²) in [6, 6.07) is 15.1. The molecule has 73 heavy (non-hydrogen) atoms. The van der Waals surface area contributed by atoms with Gasteiger partial charge in [0.05, 0.1) is 42.7 Å². The number of carbonyl (C=O) groups excluding carboxylic acids is 8. The van der Waals surface area contributed by atoms with E-state index < -0.39 is 83.9 Å². The Bertz CT molecular complexity index is 2140. The topological polar surface area (TPSA) is 210 Å². The lowest BCUT2D eigenvalue weighted by molar-refractivity contribution is -0.197. The van der Waals surface area contributed by atoms with Crippen molar-refractivity contribution in [2.75, 3.05) is 41.4 Å². The number of ether oxygens (including phenoxy) is 3. The molecule has 0 bridgehead atoms. The molecule has 0 radical (unpaired) electrons. The summed E-state index contributed by atoms with van der Waals surface area (Å²) in [6.45, 7) is 15.9. The lowest BCUT2D eigenvalue weighted by Gasteiger charge is -2.41. The second-order valence-corrected chi connectivity index (χ2v) is 20.4. The van der Waals surface area contributed by atoms with E-state index in [9.17, 15) is 38.4 Å². The summed E-state index contributed by atoms with van der Waals surface area (Å²) >= 11 is 0. The van der Waals surface area contributed by atoms with Crippen LogP contribution >= 0.6 is 0 Å². The summed E-state index contributed by atoms with van der Waals surface area (Å²) in [5, 5.41) is 6.53. The first kappa shape index (κ1) is 59.8. The van der Waals surface area contributed by atoms with Crippen LogP contribution in [0, 0.1) is 23.7 Å². The highest BCUT2D eigenvalue weighted by Gasteiger charge is 2.44. The third kappa shape index (κ3) is 16.1. The average Bonchev–Trinajstić information content (AvgIpc) is 3.98. The van der Waals surface area contributed by atoms with Crippen molar-refractivity contribution in [3.8, 4) is 0 Å². The molecule has 2 aromatic rings. The Morgan fingerprint density at radius 1 is 0.781 bits per heavy atom. The van der Waals surface area contributed by atoms with Gasteiger partial charge in [-0.25, -0.2) is 9.59 Å². The van der Waals surface area contributed by atoms with Gasteiger partial charge in [0.15, 0.2) is 0 Å². The normalized spacial score (nSPS) is 18.6. The van der Waals surface area contributed by atoms with Gasteiger partial charge in [-0.15, -0.1) is 5.06 Å². The summed E-state index contributed by atoms with van der Waals surface area (Å²) in [4.78, 5) is 118. The van der Waals surface area contributed by atoms with E-state index in [1.54, 1.807) is 35.7 Å². The highest BCUT2D eigenvalue weighted by Crippen LogP contribution is 2.31. The Kier molecular flexibility index (Phi) is 23.5. The summed E-state index contributed by atoms with van der Waals surface area (Å²) < 4.78 is 17.9. The number of nitrogens with zero attached hydrogens (tertiary/aromatic N) is 4. The Labute approximate surface area is 432 Å². The number of esters is 1. The third-order valence-corrected chi connectivity index (χ3v) is 14.6. The maximum absolute atomic E-state index is 14.7. The molecule has 10 atom stereocenters. The van der Waals surface area contributed by atoms with Crippen LogP contribution in [0.3, 0.4) is 0 Å². The first-order valence-electron chi connectivity index (χ1n) is 25.9. The van der Waals surface area contributed by atoms with Crippen LogP contribution < -0.4 is 10.6 Å². The second-order valence-electron chi connectivity index (χ2n) is 20.4. The first-order valence-corrected chi connectivity index (χ1v) is 25.9. The molecule has 0 spiro atoms. The minimum atomic E-state index is -1.01. The average molecular weight is 1020 g/mol. The third-order valence-electron chi connectivity index (χ3n) is 14.6. The molecule has 2 aliphatic heterocycles. The van der Waals surface area contributed by atoms with E-state index in [0.717, 1.165) is 11.1 Å². The van der Waals surface area contributed by atoms with Gasteiger partial charge < -0.3 is 39.5 Å². The minimum Gasteiger partial charge on any atom is -0.459 e. The van der Waals surface area contributed by atoms with Crippen molar-refractivity contribution in [2.45, 2.75) is 162 Å². The molecule has 18 nitrogen and oxygen atoms in total. The summed E-state index contributed by atoms with van der Waals surface area (Å²) in [5.74, 6) is -5.63. The Hall–Kier alpha value is -5.72. The van der Waals surface area contributed by atoms with Crippen LogP contribution in [-0.2, 0) is 64.0 Å². The fraction of sp³-hybridized carbons (Fsp3) is 0.636. The zero-order valence-corrected chi connectivity index (χ0v) is 45.2. The largest absolute Gasteiger partial charge is 0.459 e. The van der Waals surface area contributed by atoms with Gasteiger partial charge in [-0.1, -0.05) is 122 Å². The summed E-state index contributed by atoms with van der Waals surface area (Å²) in [6.07, 6.45) is 0.555. The van der Waals surface area contributed by atoms with Crippen LogP contribution in [0.4, 0.5) is 0 Å². The van der Waals surface area contributed by atoms with Crippen LogP contribution in [0.25, 0.3) is 0 Å². The van der Waals surface area contributed by atoms with Crippen molar-refractivity contribution in [1.29, 1.82) is 0 Å². The Morgan fingerprint density at radius 3 is 1.95 bits per heavy atom. The maximum Gasteiger partial charge on any atom is 0.333 e. The molecular weight excluding hydrogens is 937 g/mol. The number of likely N-dealkylation sites (tertiary alicyclic amines) is 1. The van der Waals surface area contributed by atoms with Crippen molar-refractivity contribution >= 4 is 47.4 Å². The molecule has 2 saturated heterocycles. The molecule has 404 valence electrons. The zero-order valence-electron chi connectivity index (χ0n) is 45.2. The quantitative estimate of drug-likeness (QED) is 0.0807. The Balaban J connectivity index is 1.45. The van der Waals surface area contributed by atoms with Crippen molar-refractivity contribution in [3.63, 3.8) is 0 Å². The molecule has 0 aliphatic carbocycles. The molecule has 0 aromatic heterocycles. The monoisotopic (exact) mass is 1020 g/mol. The number of amides is 6. The fourth-order valence-electron chi connectivity index (χ4n) is 10.1. The van der Waals surface area contributed by atoms with Gasteiger partial charge in [0, 0.05) is 53.0 Å².